The third-order valence-electron chi connectivity index (χ3n) is 2.48. The van der Waals surface area contributed by atoms with Crippen LogP contribution in [0.2, 0.25) is 0 Å². The molecule has 76 valence electrons. The minimum absolute atomic E-state index is 0.832. The smallest absolute Gasteiger partial charge is 0.119 e. The first-order chi connectivity index (χ1) is 7.95. The molecule has 3 heteroatoms. The van der Waals surface area contributed by atoms with Gasteiger partial charge < -0.3 is 0 Å². The number of hydrogen-bond donors (Lipinski definition) is 0. The number of hydrogen-bond acceptors (Lipinski definition) is 3. The van der Waals surface area contributed by atoms with Crippen LogP contribution in [0.15, 0.2) is 54.9 Å². The molecular weight excluding hydrogens is 198 g/mol. The summed E-state index contributed by atoms with van der Waals surface area (Å²) in [6, 6.07) is 13.8. The molecule has 0 spiro atoms. The summed E-state index contributed by atoms with van der Waals surface area (Å²) in [6.07, 6.45) is 3.53. The lowest BCUT2D eigenvalue weighted by molar-refractivity contribution is 1.05. The Kier molecular flexibility index (Phi) is 2.07. The topological polar surface area (TPSA) is 38.7 Å². The fourth-order valence-corrected chi connectivity index (χ4v) is 1.72. The van der Waals surface area contributed by atoms with Crippen molar-refractivity contribution in [1.29, 1.82) is 0 Å². The van der Waals surface area contributed by atoms with Crippen LogP contribution in [0.4, 0.5) is 0 Å². The first-order valence-corrected chi connectivity index (χ1v) is 5.07. The third-order valence-corrected chi connectivity index (χ3v) is 2.48. The minimum atomic E-state index is 0.832. The zero-order chi connectivity index (χ0) is 10.8. The Morgan fingerprint density at radius 2 is 1.75 bits per heavy atom. The Labute approximate surface area is 92.8 Å². The molecule has 3 rings (SSSR count). The second kappa shape index (κ2) is 3.70. The van der Waals surface area contributed by atoms with Gasteiger partial charge in [0.1, 0.15) is 5.69 Å². The monoisotopic (exact) mass is 207 g/mol. The molecular formula is C13H9N3. The molecule has 0 N–H and O–H groups in total. The van der Waals surface area contributed by atoms with Crippen molar-refractivity contribution in [2.24, 2.45) is 0 Å². The standard InChI is InChI=1S/C13H9N3/c1-2-6-11-10(5-1)9-15-16-13(11)12-7-3-4-8-14-12/h1-9H. The summed E-state index contributed by atoms with van der Waals surface area (Å²) >= 11 is 0. The highest BCUT2D eigenvalue weighted by Gasteiger charge is 2.05. The van der Waals surface area contributed by atoms with E-state index in [1.165, 1.54) is 0 Å². The number of rotatable bonds is 1. The molecule has 0 radical (unpaired) electrons. The summed E-state index contributed by atoms with van der Waals surface area (Å²) in [4.78, 5) is 4.30. The molecule has 1 aromatic carbocycles. The van der Waals surface area contributed by atoms with Crippen LogP contribution in [-0.4, -0.2) is 15.2 Å². The van der Waals surface area contributed by atoms with Crippen molar-refractivity contribution in [2.45, 2.75) is 0 Å². The lowest BCUT2D eigenvalue weighted by Gasteiger charge is -2.02. The van der Waals surface area contributed by atoms with Gasteiger partial charge in [-0.2, -0.15) is 5.10 Å². The summed E-state index contributed by atoms with van der Waals surface area (Å²) in [5.41, 5.74) is 1.69. The van der Waals surface area contributed by atoms with Gasteiger partial charge in [-0.1, -0.05) is 30.3 Å². The highest BCUT2D eigenvalue weighted by atomic mass is 15.1. The van der Waals surface area contributed by atoms with Gasteiger partial charge in [0.25, 0.3) is 0 Å². The molecule has 0 aliphatic heterocycles. The molecule has 2 aromatic heterocycles. The first kappa shape index (κ1) is 8.97. The van der Waals surface area contributed by atoms with E-state index in [2.05, 4.69) is 15.2 Å². The Bertz CT molecular complexity index is 615. The lowest BCUT2D eigenvalue weighted by atomic mass is 10.1. The minimum Gasteiger partial charge on any atom is -0.255 e. The van der Waals surface area contributed by atoms with Crippen molar-refractivity contribution in [3.63, 3.8) is 0 Å². The predicted octanol–water partition coefficient (Wildman–Crippen LogP) is 2.69. The van der Waals surface area contributed by atoms with Gasteiger partial charge >= 0.3 is 0 Å². The molecule has 0 bridgehead atoms. The van der Waals surface area contributed by atoms with Gasteiger partial charge in [0.2, 0.25) is 0 Å². The molecule has 0 fully saturated rings. The number of nitrogens with zero attached hydrogens (tertiary/aromatic N) is 3. The highest BCUT2D eigenvalue weighted by Crippen LogP contribution is 2.23. The van der Waals surface area contributed by atoms with Crippen molar-refractivity contribution in [2.75, 3.05) is 0 Å². The maximum absolute atomic E-state index is 4.30. The fraction of sp³-hybridized carbons (Fsp3) is 0. The summed E-state index contributed by atoms with van der Waals surface area (Å²) in [6.45, 7) is 0. The molecule has 0 unspecified atom stereocenters. The zero-order valence-electron chi connectivity index (χ0n) is 8.54. The van der Waals surface area contributed by atoms with Gasteiger partial charge in [0.05, 0.1) is 11.9 Å². The molecule has 0 amide bonds. The van der Waals surface area contributed by atoms with Crippen molar-refractivity contribution in [3.05, 3.63) is 54.9 Å². The molecule has 0 aliphatic carbocycles. The van der Waals surface area contributed by atoms with Crippen LogP contribution >= 0.6 is 0 Å². The van der Waals surface area contributed by atoms with Crippen LogP contribution in [0.5, 0.6) is 0 Å². The summed E-state index contributed by atoms with van der Waals surface area (Å²) in [5.74, 6) is 0. The molecule has 0 aliphatic rings. The lowest BCUT2D eigenvalue weighted by Crippen LogP contribution is -1.91. The van der Waals surface area contributed by atoms with E-state index in [0.717, 1.165) is 22.2 Å². The maximum atomic E-state index is 4.30. The number of fused-ring (bicyclic) bond motifs is 1. The SMILES string of the molecule is c1ccc(-c2nncc3ccccc23)nc1. The third kappa shape index (κ3) is 1.42. The van der Waals surface area contributed by atoms with Crippen LogP contribution in [0.1, 0.15) is 0 Å². The van der Waals surface area contributed by atoms with E-state index in [4.69, 9.17) is 0 Å². The van der Waals surface area contributed by atoms with E-state index in [-0.39, 0.29) is 0 Å². The van der Waals surface area contributed by atoms with E-state index in [1.54, 1.807) is 12.4 Å². The van der Waals surface area contributed by atoms with Crippen LogP contribution in [0, 0.1) is 0 Å². The van der Waals surface area contributed by atoms with E-state index in [0.29, 0.717) is 0 Å². The van der Waals surface area contributed by atoms with Crippen LogP contribution in [-0.2, 0) is 0 Å². The average molecular weight is 207 g/mol. The zero-order valence-corrected chi connectivity index (χ0v) is 8.54. The fourth-order valence-electron chi connectivity index (χ4n) is 1.72. The quantitative estimate of drug-likeness (QED) is 0.615. The second-order valence-electron chi connectivity index (χ2n) is 3.50. The van der Waals surface area contributed by atoms with Crippen molar-refractivity contribution >= 4 is 10.8 Å². The van der Waals surface area contributed by atoms with Crippen molar-refractivity contribution in [1.82, 2.24) is 15.2 Å². The van der Waals surface area contributed by atoms with E-state index in [9.17, 15) is 0 Å². The van der Waals surface area contributed by atoms with Crippen molar-refractivity contribution < 1.29 is 0 Å². The van der Waals surface area contributed by atoms with Crippen LogP contribution < -0.4 is 0 Å². The molecule has 0 saturated carbocycles. The Morgan fingerprint density at radius 3 is 2.62 bits per heavy atom. The molecule has 3 nitrogen and oxygen atoms in total. The van der Waals surface area contributed by atoms with Gasteiger partial charge in [-0.15, -0.1) is 5.10 Å². The molecule has 0 atom stereocenters. The molecule has 0 saturated heterocycles. The Balaban J connectivity index is 2.32. The van der Waals surface area contributed by atoms with Crippen LogP contribution in [0.25, 0.3) is 22.2 Å². The van der Waals surface area contributed by atoms with E-state index in [1.807, 2.05) is 42.5 Å². The predicted molar refractivity (Wildman–Crippen MR) is 62.8 cm³/mol. The molecule has 2 heterocycles. The Morgan fingerprint density at radius 1 is 0.875 bits per heavy atom. The van der Waals surface area contributed by atoms with Gasteiger partial charge in [0.15, 0.2) is 0 Å². The number of aromatic nitrogens is 3. The summed E-state index contributed by atoms with van der Waals surface area (Å²) < 4.78 is 0. The summed E-state index contributed by atoms with van der Waals surface area (Å²) in [7, 11) is 0. The number of pyridine rings is 1. The van der Waals surface area contributed by atoms with Crippen LogP contribution in [0.3, 0.4) is 0 Å². The van der Waals surface area contributed by atoms with Gasteiger partial charge in [-0.25, -0.2) is 0 Å². The summed E-state index contributed by atoms with van der Waals surface area (Å²) in [5, 5.41) is 10.3. The normalized spacial score (nSPS) is 10.5. The second-order valence-corrected chi connectivity index (χ2v) is 3.50. The van der Waals surface area contributed by atoms with Gasteiger partial charge in [-0.3, -0.25) is 4.98 Å². The number of benzene rings is 1. The Hall–Kier alpha value is -2.29. The maximum Gasteiger partial charge on any atom is 0.119 e. The highest BCUT2D eigenvalue weighted by molar-refractivity contribution is 5.92. The van der Waals surface area contributed by atoms with Gasteiger partial charge in [0, 0.05) is 17.0 Å². The van der Waals surface area contributed by atoms with Crippen molar-refractivity contribution in [3.8, 4) is 11.4 Å². The van der Waals surface area contributed by atoms with E-state index < -0.39 is 0 Å². The first-order valence-electron chi connectivity index (χ1n) is 5.07. The largest absolute Gasteiger partial charge is 0.255 e. The average Bonchev–Trinajstić information content (AvgIpc) is 2.39. The van der Waals surface area contributed by atoms with Gasteiger partial charge in [-0.05, 0) is 12.1 Å². The molecule has 3 aromatic rings. The van der Waals surface area contributed by atoms with E-state index >= 15 is 0 Å². The molecule has 16 heavy (non-hydrogen) atoms.